The van der Waals surface area contributed by atoms with Crippen molar-refractivity contribution in [1.82, 2.24) is 4.31 Å². The van der Waals surface area contributed by atoms with E-state index in [4.69, 9.17) is 0 Å². The van der Waals surface area contributed by atoms with Crippen LogP contribution in [0.15, 0.2) is 0 Å². The summed E-state index contributed by atoms with van der Waals surface area (Å²) in [5.74, 6) is 0. The predicted molar refractivity (Wildman–Crippen MR) is 32.9 cm³/mol. The summed E-state index contributed by atoms with van der Waals surface area (Å²) in [6.07, 6.45) is 0.196. The Morgan fingerprint density at radius 2 is 2.20 bits per heavy atom. The molecule has 1 rings (SSSR count). The Hall–Kier alpha value is -0.780. The van der Waals surface area contributed by atoms with Crippen LogP contribution in [0.4, 0.5) is 4.79 Å². The summed E-state index contributed by atoms with van der Waals surface area (Å²) in [4.78, 5) is 10.5. The number of amides is 1. The molecule has 1 heterocycles. The van der Waals surface area contributed by atoms with Gasteiger partial charge in [-0.25, -0.2) is 17.5 Å². The van der Waals surface area contributed by atoms with Gasteiger partial charge < -0.3 is 4.74 Å². The van der Waals surface area contributed by atoms with Gasteiger partial charge in [0.2, 0.25) is 10.0 Å². The topological polar surface area (TPSA) is 63.7 Å². The van der Waals surface area contributed by atoms with Crippen LogP contribution in [0.3, 0.4) is 0 Å². The van der Waals surface area contributed by atoms with Crippen LogP contribution in [0.2, 0.25) is 0 Å². The number of hydrogen-bond acceptors (Lipinski definition) is 4. The van der Waals surface area contributed by atoms with Crippen LogP contribution in [-0.2, 0) is 14.8 Å². The first-order valence-corrected chi connectivity index (χ1v) is 4.51. The Kier molecular flexibility index (Phi) is 1.55. The third kappa shape index (κ3) is 1.21. The second kappa shape index (κ2) is 2.12. The highest BCUT2D eigenvalue weighted by Crippen LogP contribution is 2.06. The Bertz CT molecular complexity index is 244. The summed E-state index contributed by atoms with van der Waals surface area (Å²) in [5.41, 5.74) is 0. The number of rotatable bonds is 1. The third-order valence-electron chi connectivity index (χ3n) is 1.12. The van der Waals surface area contributed by atoms with Crippen molar-refractivity contribution in [2.75, 3.05) is 19.4 Å². The summed E-state index contributed by atoms with van der Waals surface area (Å²) in [6.45, 7) is 0.295. The predicted octanol–water partition coefficient (Wildman–Crippen LogP) is -0.602. The largest absolute Gasteiger partial charge is 0.447 e. The van der Waals surface area contributed by atoms with E-state index in [2.05, 4.69) is 4.74 Å². The lowest BCUT2D eigenvalue weighted by atomic mass is 10.7. The van der Waals surface area contributed by atoms with Crippen molar-refractivity contribution in [3.63, 3.8) is 0 Å². The van der Waals surface area contributed by atoms with E-state index in [0.29, 0.717) is 4.31 Å². The average Bonchev–Trinajstić information content (AvgIpc) is 2.11. The Labute approximate surface area is 58.6 Å². The van der Waals surface area contributed by atoms with Crippen LogP contribution < -0.4 is 0 Å². The molecule has 0 unspecified atom stereocenters. The molecule has 0 aliphatic carbocycles. The molecule has 0 saturated carbocycles. The van der Waals surface area contributed by atoms with E-state index in [0.717, 1.165) is 6.26 Å². The molecule has 6 heteroatoms. The minimum absolute atomic E-state index is 0.137. The Morgan fingerprint density at radius 1 is 1.60 bits per heavy atom. The summed E-state index contributed by atoms with van der Waals surface area (Å²) in [7, 11) is -3.39. The van der Waals surface area contributed by atoms with Crippen LogP contribution >= 0.6 is 0 Å². The minimum atomic E-state index is -3.39. The van der Waals surface area contributed by atoms with E-state index in [9.17, 15) is 13.2 Å². The maximum absolute atomic E-state index is 10.7. The quantitative estimate of drug-likeness (QED) is 0.520. The van der Waals surface area contributed by atoms with E-state index in [1.165, 1.54) is 0 Å². The number of sulfonamides is 1. The fourth-order valence-electron chi connectivity index (χ4n) is 0.680. The molecule has 1 amide bonds. The first kappa shape index (κ1) is 7.33. The maximum Gasteiger partial charge on any atom is 0.423 e. The van der Waals surface area contributed by atoms with Gasteiger partial charge in [0.05, 0.1) is 12.8 Å². The van der Waals surface area contributed by atoms with E-state index < -0.39 is 16.1 Å². The Balaban J connectivity index is 2.84. The lowest BCUT2D eigenvalue weighted by Crippen LogP contribution is -2.30. The molecule has 10 heavy (non-hydrogen) atoms. The molecule has 58 valence electrons. The summed E-state index contributed by atoms with van der Waals surface area (Å²) in [5, 5.41) is 0. The van der Waals surface area contributed by atoms with Gasteiger partial charge >= 0.3 is 6.09 Å². The molecule has 0 N–H and O–H groups in total. The molecular formula is C4H7NO4S. The fraction of sp³-hybridized carbons (Fsp3) is 0.750. The van der Waals surface area contributed by atoms with Crippen molar-refractivity contribution >= 4 is 16.1 Å². The van der Waals surface area contributed by atoms with Crippen LogP contribution in [-0.4, -0.2) is 38.2 Å². The first-order valence-electron chi connectivity index (χ1n) is 2.66. The summed E-state index contributed by atoms with van der Waals surface area (Å²) < 4.78 is 26.4. The van der Waals surface area contributed by atoms with Crippen molar-refractivity contribution in [3.05, 3.63) is 0 Å². The smallest absolute Gasteiger partial charge is 0.423 e. The monoisotopic (exact) mass is 165 g/mol. The second-order valence-electron chi connectivity index (χ2n) is 1.95. The molecule has 0 atom stereocenters. The molecule has 1 aliphatic rings. The van der Waals surface area contributed by atoms with Crippen LogP contribution in [0, 0.1) is 0 Å². The van der Waals surface area contributed by atoms with E-state index in [1.54, 1.807) is 0 Å². The number of hydrogen-bond donors (Lipinski definition) is 0. The maximum atomic E-state index is 10.7. The van der Waals surface area contributed by atoms with Crippen molar-refractivity contribution in [2.45, 2.75) is 0 Å². The standard InChI is InChI=1S/C4H7NO4S/c1-10(7,8)5-2-3-9-4(5)6/h2-3H2,1H3. The highest BCUT2D eigenvalue weighted by atomic mass is 32.2. The highest BCUT2D eigenvalue weighted by Gasteiger charge is 2.29. The normalized spacial score (nSPS) is 19.3. The number of ether oxygens (including phenoxy) is 1. The van der Waals surface area contributed by atoms with Crippen LogP contribution in [0.5, 0.6) is 0 Å². The fourth-order valence-corrected chi connectivity index (χ4v) is 1.41. The molecule has 1 aliphatic heterocycles. The van der Waals surface area contributed by atoms with Gasteiger partial charge in [-0.1, -0.05) is 0 Å². The molecule has 0 radical (unpaired) electrons. The minimum Gasteiger partial charge on any atom is -0.447 e. The SMILES string of the molecule is CS(=O)(=O)N1CCOC1=O. The zero-order valence-electron chi connectivity index (χ0n) is 5.40. The second-order valence-corrected chi connectivity index (χ2v) is 3.86. The highest BCUT2D eigenvalue weighted by molar-refractivity contribution is 7.88. The zero-order chi connectivity index (χ0) is 7.78. The zero-order valence-corrected chi connectivity index (χ0v) is 6.22. The number of nitrogens with zero attached hydrogens (tertiary/aromatic N) is 1. The van der Waals surface area contributed by atoms with Gasteiger partial charge in [-0.3, -0.25) is 0 Å². The first-order chi connectivity index (χ1) is 4.52. The summed E-state index contributed by atoms with van der Waals surface area (Å²) >= 11 is 0. The van der Waals surface area contributed by atoms with Crippen molar-refractivity contribution in [1.29, 1.82) is 0 Å². The molecule has 1 saturated heterocycles. The summed E-state index contributed by atoms with van der Waals surface area (Å²) in [6, 6.07) is 0. The molecule has 0 aromatic carbocycles. The van der Waals surface area contributed by atoms with Crippen LogP contribution in [0.25, 0.3) is 0 Å². The van der Waals surface area contributed by atoms with Gasteiger partial charge in [0.15, 0.2) is 0 Å². The van der Waals surface area contributed by atoms with Gasteiger partial charge in [0.25, 0.3) is 0 Å². The molecule has 5 nitrogen and oxygen atoms in total. The van der Waals surface area contributed by atoms with Gasteiger partial charge in [-0.15, -0.1) is 0 Å². The van der Waals surface area contributed by atoms with Crippen LogP contribution in [0.1, 0.15) is 0 Å². The van der Waals surface area contributed by atoms with Crippen molar-refractivity contribution in [2.24, 2.45) is 0 Å². The number of carbonyl (C=O) groups excluding carboxylic acids is 1. The average molecular weight is 165 g/mol. The molecule has 0 spiro atoms. The van der Waals surface area contributed by atoms with Crippen molar-refractivity contribution in [3.8, 4) is 0 Å². The van der Waals surface area contributed by atoms with Gasteiger partial charge in [-0.2, -0.15) is 0 Å². The van der Waals surface area contributed by atoms with Gasteiger partial charge in [-0.05, 0) is 0 Å². The lowest BCUT2D eigenvalue weighted by Gasteiger charge is -2.07. The van der Waals surface area contributed by atoms with Crippen molar-refractivity contribution < 1.29 is 17.9 Å². The number of carbonyl (C=O) groups is 1. The van der Waals surface area contributed by atoms with Gasteiger partial charge in [0, 0.05) is 0 Å². The number of cyclic esters (lactones) is 1. The third-order valence-corrected chi connectivity index (χ3v) is 2.26. The molecule has 0 aromatic heterocycles. The molecule has 0 bridgehead atoms. The van der Waals surface area contributed by atoms with E-state index >= 15 is 0 Å². The molecule has 1 fully saturated rings. The Morgan fingerprint density at radius 3 is 2.40 bits per heavy atom. The molecule has 0 aromatic rings. The van der Waals surface area contributed by atoms with Gasteiger partial charge in [0.1, 0.15) is 6.61 Å². The van der Waals surface area contributed by atoms with E-state index in [1.807, 2.05) is 0 Å². The van der Waals surface area contributed by atoms with E-state index in [-0.39, 0.29) is 13.2 Å². The molecular weight excluding hydrogens is 158 g/mol. The lowest BCUT2D eigenvalue weighted by molar-refractivity contribution is 0.170.